The summed E-state index contributed by atoms with van der Waals surface area (Å²) >= 11 is 0. The minimum Gasteiger partial charge on any atom is -0.376 e. The van der Waals surface area contributed by atoms with Gasteiger partial charge in [-0.25, -0.2) is 12.8 Å². The highest BCUT2D eigenvalue weighted by atomic mass is 32.2. The lowest BCUT2D eigenvalue weighted by Crippen LogP contribution is -2.49. The highest BCUT2D eigenvalue weighted by Crippen LogP contribution is 2.13. The second-order valence-electron chi connectivity index (χ2n) is 6.70. The van der Waals surface area contributed by atoms with Gasteiger partial charge in [-0.05, 0) is 49.1 Å². The van der Waals surface area contributed by atoms with Crippen molar-refractivity contribution in [2.75, 3.05) is 13.2 Å². The van der Waals surface area contributed by atoms with Crippen molar-refractivity contribution in [1.29, 1.82) is 0 Å². The Hall–Kier alpha value is -2.29. The van der Waals surface area contributed by atoms with E-state index in [1.807, 2.05) is 30.3 Å². The first-order valence-electron chi connectivity index (χ1n) is 9.15. The lowest BCUT2D eigenvalue weighted by molar-refractivity contribution is -0.123. The Morgan fingerprint density at radius 1 is 1.14 bits per heavy atom. The Morgan fingerprint density at radius 2 is 1.86 bits per heavy atom. The number of rotatable bonds is 8. The molecule has 3 rings (SSSR count). The molecule has 0 saturated carbocycles. The summed E-state index contributed by atoms with van der Waals surface area (Å²) in [5, 5.41) is 2.78. The summed E-state index contributed by atoms with van der Waals surface area (Å²) in [5.74, 6) is -0.959. The van der Waals surface area contributed by atoms with Gasteiger partial charge in [0.15, 0.2) is 0 Å². The lowest BCUT2D eigenvalue weighted by atomic mass is 10.1. The van der Waals surface area contributed by atoms with E-state index in [0.717, 1.165) is 30.5 Å². The van der Waals surface area contributed by atoms with Crippen molar-refractivity contribution in [3.63, 3.8) is 0 Å². The normalized spacial score (nSPS) is 18.0. The quantitative estimate of drug-likeness (QED) is 0.702. The molecule has 28 heavy (non-hydrogen) atoms. The third-order valence-electron chi connectivity index (χ3n) is 4.55. The molecule has 2 aromatic carbocycles. The highest BCUT2D eigenvalue weighted by Gasteiger charge is 2.27. The smallest absolute Gasteiger partial charge is 0.241 e. The van der Waals surface area contributed by atoms with Crippen molar-refractivity contribution in [2.45, 2.75) is 36.3 Å². The third-order valence-corrected chi connectivity index (χ3v) is 6.04. The summed E-state index contributed by atoms with van der Waals surface area (Å²) in [6.45, 7) is 1.01. The molecule has 1 amide bonds. The standard InChI is InChI=1S/C20H23FN2O4S/c21-16-8-10-18(11-9-16)28(25,26)23-19(13-15-5-2-1-3-6-15)20(24)22-14-17-7-4-12-27-17/h1-3,5-6,8-11,17,19,23H,4,7,12-14H2,(H,22,24)/t17-,19-/m0/s1. The fourth-order valence-electron chi connectivity index (χ4n) is 3.05. The summed E-state index contributed by atoms with van der Waals surface area (Å²) in [5.41, 5.74) is 0.821. The van der Waals surface area contributed by atoms with E-state index in [9.17, 15) is 17.6 Å². The predicted octanol–water partition coefficient (Wildman–Crippen LogP) is 2.01. The molecule has 0 aromatic heterocycles. The molecule has 1 saturated heterocycles. The molecule has 0 spiro atoms. The molecule has 2 aromatic rings. The van der Waals surface area contributed by atoms with Crippen LogP contribution < -0.4 is 10.0 Å². The second-order valence-corrected chi connectivity index (χ2v) is 8.41. The van der Waals surface area contributed by atoms with Crippen LogP contribution in [0.3, 0.4) is 0 Å². The predicted molar refractivity (Wildman–Crippen MR) is 103 cm³/mol. The maximum Gasteiger partial charge on any atom is 0.241 e. The summed E-state index contributed by atoms with van der Waals surface area (Å²) in [7, 11) is -3.99. The zero-order valence-corrected chi connectivity index (χ0v) is 16.1. The Bertz CT molecular complexity index is 882. The van der Waals surface area contributed by atoms with Gasteiger partial charge in [-0.2, -0.15) is 4.72 Å². The number of ether oxygens (including phenoxy) is 1. The van der Waals surface area contributed by atoms with Crippen LogP contribution in [0.2, 0.25) is 0 Å². The molecule has 1 aliphatic heterocycles. The number of hydrogen-bond donors (Lipinski definition) is 2. The Kier molecular flexibility index (Phi) is 6.77. The summed E-state index contributed by atoms with van der Waals surface area (Å²) in [6.07, 6.45) is 1.96. The van der Waals surface area contributed by atoms with Crippen LogP contribution in [0.1, 0.15) is 18.4 Å². The number of benzene rings is 2. The number of hydrogen-bond acceptors (Lipinski definition) is 4. The molecule has 1 aliphatic rings. The SMILES string of the molecule is O=C(NC[C@@H]1CCCO1)[C@H](Cc1ccccc1)NS(=O)(=O)c1ccc(F)cc1. The van der Waals surface area contributed by atoms with Crippen LogP contribution in [-0.4, -0.2) is 39.6 Å². The van der Waals surface area contributed by atoms with Crippen molar-refractivity contribution >= 4 is 15.9 Å². The maximum atomic E-state index is 13.1. The van der Waals surface area contributed by atoms with Crippen LogP contribution in [0.4, 0.5) is 4.39 Å². The van der Waals surface area contributed by atoms with Gasteiger partial charge in [0.05, 0.1) is 11.0 Å². The van der Waals surface area contributed by atoms with E-state index in [4.69, 9.17) is 4.74 Å². The minimum absolute atomic E-state index is 0.0463. The van der Waals surface area contributed by atoms with Gasteiger partial charge < -0.3 is 10.1 Å². The molecule has 0 unspecified atom stereocenters. The molecule has 0 bridgehead atoms. The molecule has 150 valence electrons. The molecule has 6 nitrogen and oxygen atoms in total. The van der Waals surface area contributed by atoms with E-state index in [1.165, 1.54) is 12.1 Å². The molecule has 0 aliphatic carbocycles. The van der Waals surface area contributed by atoms with Crippen molar-refractivity contribution in [3.8, 4) is 0 Å². The average molecular weight is 406 g/mol. The average Bonchev–Trinajstić information content (AvgIpc) is 3.20. The lowest BCUT2D eigenvalue weighted by Gasteiger charge is -2.20. The van der Waals surface area contributed by atoms with Crippen molar-refractivity contribution in [2.24, 2.45) is 0 Å². The first kappa shape index (κ1) is 20.4. The molecule has 2 atom stereocenters. The number of halogens is 1. The zero-order chi connectivity index (χ0) is 20.0. The van der Waals surface area contributed by atoms with Gasteiger partial charge in [-0.3, -0.25) is 4.79 Å². The van der Waals surface area contributed by atoms with Gasteiger partial charge >= 0.3 is 0 Å². The van der Waals surface area contributed by atoms with Crippen LogP contribution in [0.15, 0.2) is 59.5 Å². The topological polar surface area (TPSA) is 84.5 Å². The third kappa shape index (κ3) is 5.60. The van der Waals surface area contributed by atoms with Crippen LogP contribution in [-0.2, 0) is 26.0 Å². The fourth-order valence-corrected chi connectivity index (χ4v) is 4.25. The highest BCUT2D eigenvalue weighted by molar-refractivity contribution is 7.89. The van der Waals surface area contributed by atoms with Crippen LogP contribution in [0.5, 0.6) is 0 Å². The number of amides is 1. The van der Waals surface area contributed by atoms with Gasteiger partial charge in [0, 0.05) is 13.2 Å². The van der Waals surface area contributed by atoms with Gasteiger partial charge in [-0.1, -0.05) is 30.3 Å². The summed E-state index contributed by atoms with van der Waals surface area (Å²) in [4.78, 5) is 12.6. The van der Waals surface area contributed by atoms with E-state index in [0.29, 0.717) is 13.2 Å². The minimum atomic E-state index is -3.99. The number of nitrogens with one attached hydrogen (secondary N) is 2. The number of carbonyl (C=O) groups is 1. The molecule has 1 fully saturated rings. The monoisotopic (exact) mass is 406 g/mol. The van der Waals surface area contributed by atoms with Crippen LogP contribution in [0.25, 0.3) is 0 Å². The Morgan fingerprint density at radius 3 is 2.50 bits per heavy atom. The first-order chi connectivity index (χ1) is 13.4. The van der Waals surface area contributed by atoms with Gasteiger partial charge in [0.1, 0.15) is 11.9 Å². The Labute approximate surface area is 164 Å². The maximum absolute atomic E-state index is 13.1. The molecule has 2 N–H and O–H groups in total. The fraction of sp³-hybridized carbons (Fsp3) is 0.350. The summed E-state index contributed by atoms with van der Waals surface area (Å²) < 4.78 is 46.4. The van der Waals surface area contributed by atoms with E-state index in [1.54, 1.807) is 0 Å². The second kappa shape index (κ2) is 9.27. The van der Waals surface area contributed by atoms with E-state index >= 15 is 0 Å². The largest absolute Gasteiger partial charge is 0.376 e. The van der Waals surface area contributed by atoms with Crippen molar-refractivity contribution in [1.82, 2.24) is 10.0 Å². The number of carbonyl (C=O) groups excluding carboxylic acids is 1. The van der Waals surface area contributed by atoms with Crippen LogP contribution in [0, 0.1) is 5.82 Å². The molecular formula is C20H23FN2O4S. The number of sulfonamides is 1. The molecule has 8 heteroatoms. The summed E-state index contributed by atoms with van der Waals surface area (Å²) in [6, 6.07) is 12.6. The van der Waals surface area contributed by atoms with Gasteiger partial charge in [0.2, 0.25) is 15.9 Å². The Balaban J connectivity index is 1.74. The molecular weight excluding hydrogens is 383 g/mol. The van der Waals surface area contributed by atoms with Gasteiger partial charge in [0.25, 0.3) is 0 Å². The first-order valence-corrected chi connectivity index (χ1v) is 10.6. The van der Waals surface area contributed by atoms with Crippen LogP contribution >= 0.6 is 0 Å². The van der Waals surface area contributed by atoms with E-state index in [2.05, 4.69) is 10.0 Å². The van der Waals surface area contributed by atoms with Crippen molar-refractivity contribution < 1.29 is 22.3 Å². The van der Waals surface area contributed by atoms with E-state index in [-0.39, 0.29) is 17.4 Å². The van der Waals surface area contributed by atoms with Gasteiger partial charge in [-0.15, -0.1) is 0 Å². The van der Waals surface area contributed by atoms with E-state index < -0.39 is 27.8 Å². The van der Waals surface area contributed by atoms with Crippen molar-refractivity contribution in [3.05, 3.63) is 66.0 Å². The molecule has 1 heterocycles. The zero-order valence-electron chi connectivity index (χ0n) is 15.3. The molecule has 0 radical (unpaired) electrons.